The molecule has 4 heteroatoms. The van der Waals surface area contributed by atoms with Crippen molar-refractivity contribution in [3.63, 3.8) is 0 Å². The number of phenolic OH excluding ortho intramolecular Hbond substituents is 1. The lowest BCUT2D eigenvalue weighted by atomic mass is 9.97. The summed E-state index contributed by atoms with van der Waals surface area (Å²) >= 11 is 3.29. The normalized spacial score (nSPS) is 14.6. The Balaban J connectivity index is 2.69. The van der Waals surface area contributed by atoms with Crippen molar-refractivity contribution >= 4 is 15.9 Å². The summed E-state index contributed by atoms with van der Waals surface area (Å²) in [6, 6.07) is 5.56. The third-order valence-corrected chi connectivity index (χ3v) is 3.57. The molecule has 0 saturated carbocycles. The van der Waals surface area contributed by atoms with Crippen LogP contribution in [0, 0.1) is 0 Å². The highest BCUT2D eigenvalue weighted by Gasteiger charge is 2.21. The molecule has 1 rings (SSSR count). The van der Waals surface area contributed by atoms with Gasteiger partial charge in [-0.3, -0.25) is 0 Å². The van der Waals surface area contributed by atoms with Gasteiger partial charge in [0.2, 0.25) is 0 Å². The zero-order valence-corrected chi connectivity index (χ0v) is 11.9. The molecule has 17 heavy (non-hydrogen) atoms. The monoisotopic (exact) mass is 301 g/mol. The summed E-state index contributed by atoms with van der Waals surface area (Å²) in [5, 5.41) is 22.5. The second kappa shape index (κ2) is 6.38. The van der Waals surface area contributed by atoms with Gasteiger partial charge in [0.05, 0.1) is 11.1 Å². The number of rotatable bonds is 6. The first-order valence-electron chi connectivity index (χ1n) is 5.84. The van der Waals surface area contributed by atoms with Gasteiger partial charge < -0.3 is 15.5 Å². The molecule has 96 valence electrons. The Morgan fingerprint density at radius 3 is 2.71 bits per heavy atom. The predicted octanol–water partition coefficient (Wildman–Crippen LogP) is 2.80. The van der Waals surface area contributed by atoms with Gasteiger partial charge in [0.1, 0.15) is 5.75 Å². The van der Waals surface area contributed by atoms with Crippen molar-refractivity contribution in [2.45, 2.75) is 38.8 Å². The Hall–Kier alpha value is -0.580. The van der Waals surface area contributed by atoms with Gasteiger partial charge in [0, 0.05) is 17.6 Å². The fourth-order valence-corrected chi connectivity index (χ4v) is 2.19. The van der Waals surface area contributed by atoms with Gasteiger partial charge in [0.15, 0.2) is 0 Å². The zero-order valence-electron chi connectivity index (χ0n) is 10.3. The molecule has 0 saturated heterocycles. The van der Waals surface area contributed by atoms with Crippen molar-refractivity contribution in [1.82, 2.24) is 5.32 Å². The molecule has 1 aromatic rings. The third kappa shape index (κ3) is 3.98. The lowest BCUT2D eigenvalue weighted by Gasteiger charge is -2.28. The van der Waals surface area contributed by atoms with E-state index in [0.717, 1.165) is 18.4 Å². The van der Waals surface area contributed by atoms with Crippen LogP contribution in [0.3, 0.4) is 0 Å². The summed E-state index contributed by atoms with van der Waals surface area (Å²) in [7, 11) is 0. The number of hydrogen-bond donors (Lipinski definition) is 3. The van der Waals surface area contributed by atoms with Crippen LogP contribution in [-0.4, -0.2) is 22.4 Å². The van der Waals surface area contributed by atoms with E-state index >= 15 is 0 Å². The van der Waals surface area contributed by atoms with Crippen LogP contribution in [-0.2, 0) is 6.54 Å². The van der Waals surface area contributed by atoms with Gasteiger partial charge in [-0.15, -0.1) is 0 Å². The van der Waals surface area contributed by atoms with E-state index < -0.39 is 0 Å². The molecule has 0 bridgehead atoms. The molecule has 0 fully saturated rings. The minimum Gasteiger partial charge on any atom is -0.506 e. The van der Waals surface area contributed by atoms with Crippen LogP contribution in [0.25, 0.3) is 0 Å². The van der Waals surface area contributed by atoms with Crippen molar-refractivity contribution in [1.29, 1.82) is 0 Å². The molecular weight excluding hydrogens is 282 g/mol. The number of phenols is 1. The lowest BCUT2D eigenvalue weighted by molar-refractivity contribution is 0.163. The maximum Gasteiger partial charge on any atom is 0.134 e. The van der Waals surface area contributed by atoms with E-state index in [-0.39, 0.29) is 17.9 Å². The Morgan fingerprint density at radius 1 is 1.41 bits per heavy atom. The van der Waals surface area contributed by atoms with Gasteiger partial charge in [-0.25, -0.2) is 0 Å². The van der Waals surface area contributed by atoms with Gasteiger partial charge in [-0.05, 0) is 35.3 Å². The summed E-state index contributed by atoms with van der Waals surface area (Å²) < 4.78 is 0.693. The second-order valence-corrected chi connectivity index (χ2v) is 5.42. The molecule has 0 aromatic heterocycles. The SMILES string of the molecule is CCCC(C)(CO)NCc1cccc(Br)c1O. The highest BCUT2D eigenvalue weighted by Crippen LogP contribution is 2.27. The number of halogens is 1. The molecule has 0 spiro atoms. The molecule has 1 unspecified atom stereocenters. The third-order valence-electron chi connectivity index (χ3n) is 2.93. The van der Waals surface area contributed by atoms with Crippen molar-refractivity contribution in [2.75, 3.05) is 6.61 Å². The highest BCUT2D eigenvalue weighted by molar-refractivity contribution is 9.10. The van der Waals surface area contributed by atoms with E-state index in [2.05, 4.69) is 28.2 Å². The van der Waals surface area contributed by atoms with Crippen molar-refractivity contribution in [3.05, 3.63) is 28.2 Å². The molecule has 3 nitrogen and oxygen atoms in total. The predicted molar refractivity (Wildman–Crippen MR) is 73.0 cm³/mol. The maximum atomic E-state index is 9.85. The molecule has 0 aliphatic carbocycles. The van der Waals surface area contributed by atoms with Gasteiger partial charge in [0.25, 0.3) is 0 Å². The highest BCUT2D eigenvalue weighted by atomic mass is 79.9. The smallest absolute Gasteiger partial charge is 0.134 e. The molecule has 1 aromatic carbocycles. The van der Waals surface area contributed by atoms with Crippen molar-refractivity contribution in [2.24, 2.45) is 0 Å². The fraction of sp³-hybridized carbons (Fsp3) is 0.538. The number of aliphatic hydroxyl groups is 1. The Bertz CT molecular complexity index is 370. The summed E-state index contributed by atoms with van der Waals surface area (Å²) in [5.41, 5.74) is 0.541. The van der Waals surface area contributed by atoms with Crippen LogP contribution in [0.1, 0.15) is 32.3 Å². The minimum atomic E-state index is -0.288. The minimum absolute atomic E-state index is 0.0929. The van der Waals surface area contributed by atoms with Gasteiger partial charge >= 0.3 is 0 Å². The maximum absolute atomic E-state index is 9.85. The molecule has 0 amide bonds. The van der Waals surface area contributed by atoms with E-state index in [4.69, 9.17) is 0 Å². The summed E-state index contributed by atoms with van der Waals surface area (Å²) in [5.74, 6) is 0.261. The Kier molecular flexibility index (Phi) is 5.43. The molecule has 0 radical (unpaired) electrons. The Morgan fingerprint density at radius 2 is 2.12 bits per heavy atom. The van der Waals surface area contributed by atoms with E-state index in [9.17, 15) is 10.2 Å². The summed E-state index contributed by atoms with van der Waals surface area (Å²) in [4.78, 5) is 0. The molecule has 0 aliphatic heterocycles. The van der Waals surface area contributed by atoms with Crippen molar-refractivity contribution < 1.29 is 10.2 Å². The van der Waals surface area contributed by atoms with Crippen molar-refractivity contribution in [3.8, 4) is 5.75 Å². The second-order valence-electron chi connectivity index (χ2n) is 4.57. The standard InChI is InChI=1S/C13H20BrNO2/c1-3-7-13(2,9-16)15-8-10-5-4-6-11(14)12(10)17/h4-6,15-17H,3,7-9H2,1-2H3. The first kappa shape index (κ1) is 14.5. The number of hydrogen-bond acceptors (Lipinski definition) is 3. The average molecular weight is 302 g/mol. The van der Waals surface area contributed by atoms with Crippen LogP contribution in [0.5, 0.6) is 5.75 Å². The topological polar surface area (TPSA) is 52.5 Å². The van der Waals surface area contributed by atoms with Gasteiger partial charge in [-0.1, -0.05) is 25.5 Å². The quantitative estimate of drug-likeness (QED) is 0.757. The molecular formula is C13H20BrNO2. The van der Waals surface area contributed by atoms with E-state index in [1.54, 1.807) is 6.07 Å². The largest absolute Gasteiger partial charge is 0.506 e. The molecule has 0 heterocycles. The molecule has 0 aliphatic rings. The van der Waals surface area contributed by atoms with Crippen LogP contribution in [0.15, 0.2) is 22.7 Å². The number of benzene rings is 1. The number of para-hydroxylation sites is 1. The van der Waals surface area contributed by atoms with Crippen LogP contribution in [0.4, 0.5) is 0 Å². The molecule has 1 atom stereocenters. The van der Waals surface area contributed by atoms with Crippen LogP contribution in [0.2, 0.25) is 0 Å². The summed E-state index contributed by atoms with van der Waals surface area (Å²) in [6.45, 7) is 4.72. The first-order valence-corrected chi connectivity index (χ1v) is 6.64. The average Bonchev–Trinajstić information content (AvgIpc) is 2.31. The number of aliphatic hydroxyl groups excluding tert-OH is 1. The number of aromatic hydroxyl groups is 1. The first-order chi connectivity index (χ1) is 8.02. The van der Waals surface area contributed by atoms with Crippen LogP contribution < -0.4 is 5.32 Å². The summed E-state index contributed by atoms with van der Waals surface area (Å²) in [6.07, 6.45) is 1.91. The molecule has 3 N–H and O–H groups in total. The van der Waals surface area contributed by atoms with E-state index in [1.807, 2.05) is 19.1 Å². The lowest BCUT2D eigenvalue weighted by Crippen LogP contribution is -2.45. The van der Waals surface area contributed by atoms with Gasteiger partial charge in [-0.2, -0.15) is 0 Å². The van der Waals surface area contributed by atoms with Crippen LogP contribution >= 0.6 is 15.9 Å². The zero-order chi connectivity index (χ0) is 12.9. The number of nitrogens with one attached hydrogen (secondary N) is 1. The van der Waals surface area contributed by atoms with E-state index in [1.165, 1.54) is 0 Å². The van der Waals surface area contributed by atoms with E-state index in [0.29, 0.717) is 11.0 Å². The fourth-order valence-electron chi connectivity index (χ4n) is 1.79. The Labute approximate surface area is 111 Å².